The van der Waals surface area contributed by atoms with Gasteiger partial charge in [0.15, 0.2) is 5.82 Å². The first-order valence-corrected chi connectivity index (χ1v) is 14.0. The SMILES string of the molecule is CC(=O)Nc1cc(-c2sc(C3CCN(C)CC3)nc2-c2cccc(NSc3cc(F)ccc3F)c2F)ccn1. The number of benzene rings is 2. The summed E-state index contributed by atoms with van der Waals surface area (Å²) in [5, 5.41) is 3.63. The van der Waals surface area contributed by atoms with Gasteiger partial charge in [0.1, 0.15) is 17.5 Å². The number of hydrogen-bond donors (Lipinski definition) is 2. The summed E-state index contributed by atoms with van der Waals surface area (Å²) in [4.78, 5) is 23.8. The number of rotatable bonds is 7. The summed E-state index contributed by atoms with van der Waals surface area (Å²) in [7, 11) is 2.09. The van der Waals surface area contributed by atoms with E-state index < -0.39 is 17.5 Å². The minimum atomic E-state index is -0.609. The molecule has 0 radical (unpaired) electrons. The predicted octanol–water partition coefficient (Wildman–Crippen LogP) is 7.18. The van der Waals surface area contributed by atoms with E-state index in [9.17, 15) is 13.6 Å². The van der Waals surface area contributed by atoms with Gasteiger partial charge in [0.05, 0.1) is 26.2 Å². The van der Waals surface area contributed by atoms with Crippen molar-refractivity contribution in [3.63, 3.8) is 0 Å². The number of piperidine rings is 1. The molecule has 0 unspecified atom stereocenters. The Morgan fingerprint density at radius 1 is 1.10 bits per heavy atom. The summed E-state index contributed by atoms with van der Waals surface area (Å²) in [5.74, 6) is -1.34. The maximum absolute atomic E-state index is 15.9. The third-order valence-electron chi connectivity index (χ3n) is 6.46. The predicted molar refractivity (Wildman–Crippen MR) is 150 cm³/mol. The number of anilines is 2. The number of nitrogens with one attached hydrogen (secondary N) is 2. The van der Waals surface area contributed by atoms with Gasteiger partial charge in [-0.25, -0.2) is 23.1 Å². The van der Waals surface area contributed by atoms with Gasteiger partial charge in [-0.05, 0) is 93.0 Å². The summed E-state index contributed by atoms with van der Waals surface area (Å²) in [6, 6.07) is 11.6. The Morgan fingerprint density at radius 3 is 2.67 bits per heavy atom. The van der Waals surface area contributed by atoms with Crippen molar-refractivity contribution in [1.29, 1.82) is 0 Å². The second kappa shape index (κ2) is 11.8. The Bertz CT molecular complexity index is 1500. The monoisotopic (exact) mass is 569 g/mol. The summed E-state index contributed by atoms with van der Waals surface area (Å²) < 4.78 is 46.5. The average Bonchev–Trinajstić information content (AvgIpc) is 3.35. The Morgan fingerprint density at radius 2 is 1.90 bits per heavy atom. The number of amides is 1. The summed E-state index contributed by atoms with van der Waals surface area (Å²) in [6.45, 7) is 3.32. The number of thiazole rings is 1. The maximum atomic E-state index is 15.9. The number of pyridine rings is 1. The second-order valence-electron chi connectivity index (χ2n) is 9.36. The van der Waals surface area contributed by atoms with Gasteiger partial charge in [-0.3, -0.25) is 4.79 Å². The van der Waals surface area contributed by atoms with Crippen LogP contribution in [0, 0.1) is 17.5 Å². The molecule has 1 aliphatic rings. The van der Waals surface area contributed by atoms with Crippen molar-refractivity contribution in [2.75, 3.05) is 30.2 Å². The summed E-state index contributed by atoms with van der Waals surface area (Å²) >= 11 is 2.31. The van der Waals surface area contributed by atoms with Crippen LogP contribution in [0.2, 0.25) is 0 Å². The van der Waals surface area contributed by atoms with E-state index in [-0.39, 0.29) is 28.0 Å². The van der Waals surface area contributed by atoms with E-state index in [0.29, 0.717) is 11.5 Å². The van der Waals surface area contributed by atoms with Crippen molar-refractivity contribution in [1.82, 2.24) is 14.9 Å². The zero-order valence-corrected chi connectivity index (χ0v) is 22.9. The van der Waals surface area contributed by atoms with Crippen LogP contribution < -0.4 is 10.0 Å². The van der Waals surface area contributed by atoms with Crippen molar-refractivity contribution in [2.24, 2.45) is 0 Å². The van der Waals surface area contributed by atoms with Gasteiger partial charge in [-0.2, -0.15) is 0 Å². The van der Waals surface area contributed by atoms with Gasteiger partial charge in [-0.1, -0.05) is 6.07 Å². The van der Waals surface area contributed by atoms with Gasteiger partial charge in [0.2, 0.25) is 5.91 Å². The first-order chi connectivity index (χ1) is 18.8. The molecule has 1 aliphatic heterocycles. The Balaban J connectivity index is 1.53. The fourth-order valence-corrected chi connectivity index (χ4v) is 6.38. The smallest absolute Gasteiger partial charge is 0.222 e. The minimum Gasteiger partial charge on any atom is -0.323 e. The van der Waals surface area contributed by atoms with Gasteiger partial charge in [-0.15, -0.1) is 11.3 Å². The highest BCUT2D eigenvalue weighted by molar-refractivity contribution is 8.00. The molecule has 2 aromatic carbocycles. The van der Waals surface area contributed by atoms with Gasteiger partial charge in [0.25, 0.3) is 0 Å². The molecule has 202 valence electrons. The molecule has 5 rings (SSSR count). The molecule has 39 heavy (non-hydrogen) atoms. The molecule has 2 aromatic heterocycles. The molecule has 0 bridgehead atoms. The van der Waals surface area contributed by atoms with Crippen molar-refractivity contribution in [3.8, 4) is 21.7 Å². The van der Waals surface area contributed by atoms with E-state index in [1.807, 2.05) is 6.07 Å². The van der Waals surface area contributed by atoms with E-state index in [1.54, 1.807) is 24.4 Å². The molecule has 0 atom stereocenters. The Labute approximate surface area is 232 Å². The van der Waals surface area contributed by atoms with Crippen LogP contribution in [0.15, 0.2) is 59.6 Å². The fourth-order valence-electron chi connectivity index (χ4n) is 4.42. The van der Waals surface area contributed by atoms with Gasteiger partial charge >= 0.3 is 0 Å². The molecular weight excluding hydrogens is 543 g/mol. The van der Waals surface area contributed by atoms with E-state index >= 15 is 4.39 Å². The highest BCUT2D eigenvalue weighted by Gasteiger charge is 2.26. The van der Waals surface area contributed by atoms with Crippen LogP contribution in [0.3, 0.4) is 0 Å². The highest BCUT2D eigenvalue weighted by atomic mass is 32.2. The van der Waals surface area contributed by atoms with Gasteiger partial charge < -0.3 is 14.9 Å². The van der Waals surface area contributed by atoms with Crippen molar-refractivity contribution in [2.45, 2.75) is 30.6 Å². The number of carbonyl (C=O) groups excluding carboxylic acids is 1. The number of halogens is 3. The van der Waals surface area contributed by atoms with E-state index in [0.717, 1.165) is 71.5 Å². The molecular formula is C28H26F3N5OS2. The zero-order valence-electron chi connectivity index (χ0n) is 21.3. The third-order valence-corrected chi connectivity index (χ3v) is 8.58. The normalized spacial score (nSPS) is 14.4. The molecule has 11 heteroatoms. The molecule has 6 nitrogen and oxygen atoms in total. The summed E-state index contributed by atoms with van der Waals surface area (Å²) in [6.07, 6.45) is 3.50. The summed E-state index contributed by atoms with van der Waals surface area (Å²) in [5.41, 5.74) is 1.64. The second-order valence-corrected chi connectivity index (χ2v) is 11.2. The Kier molecular flexibility index (Phi) is 8.20. The van der Waals surface area contributed by atoms with E-state index in [1.165, 1.54) is 24.3 Å². The average molecular weight is 570 g/mol. The molecule has 2 N–H and O–H groups in total. The number of aromatic nitrogens is 2. The number of likely N-dealkylation sites (tertiary alicyclic amines) is 1. The standard InChI is InChI=1S/C28H26F3N5OS2/c1-16(37)33-24-14-18(8-11-32-24)27-26(34-28(38-27)17-9-12-36(2)13-10-17)20-4-3-5-22(25(20)31)35-39-23-15-19(29)6-7-21(23)30/h3-8,11,14-15,17,35H,9-10,12-13H2,1-2H3,(H,32,33,37). The maximum Gasteiger partial charge on any atom is 0.222 e. The van der Waals surface area contributed by atoms with Crippen LogP contribution in [0.4, 0.5) is 24.7 Å². The van der Waals surface area contributed by atoms with Crippen LogP contribution in [-0.4, -0.2) is 40.9 Å². The lowest BCUT2D eigenvalue weighted by Gasteiger charge is -2.27. The lowest BCUT2D eigenvalue weighted by molar-refractivity contribution is -0.114. The van der Waals surface area contributed by atoms with Crippen molar-refractivity contribution < 1.29 is 18.0 Å². The molecule has 1 saturated heterocycles. The number of nitrogens with zero attached hydrogens (tertiary/aromatic N) is 3. The number of hydrogen-bond acceptors (Lipinski definition) is 7. The largest absolute Gasteiger partial charge is 0.323 e. The minimum absolute atomic E-state index is 0.0148. The topological polar surface area (TPSA) is 70.2 Å². The molecule has 3 heterocycles. The zero-order chi connectivity index (χ0) is 27.5. The van der Waals surface area contributed by atoms with Crippen LogP contribution >= 0.6 is 23.3 Å². The first-order valence-electron chi connectivity index (χ1n) is 12.4. The lowest BCUT2D eigenvalue weighted by atomic mass is 9.98. The van der Waals surface area contributed by atoms with Crippen LogP contribution in [0.5, 0.6) is 0 Å². The van der Waals surface area contributed by atoms with Crippen molar-refractivity contribution in [3.05, 3.63) is 77.2 Å². The van der Waals surface area contributed by atoms with Crippen LogP contribution in [0.25, 0.3) is 21.7 Å². The molecule has 0 saturated carbocycles. The lowest BCUT2D eigenvalue weighted by Crippen LogP contribution is -2.29. The van der Waals surface area contributed by atoms with E-state index in [4.69, 9.17) is 4.98 Å². The van der Waals surface area contributed by atoms with E-state index in [2.05, 4.69) is 27.0 Å². The molecule has 4 aromatic rings. The fraction of sp³-hybridized carbons (Fsp3) is 0.250. The highest BCUT2D eigenvalue weighted by Crippen LogP contribution is 2.43. The molecule has 1 fully saturated rings. The first kappa shape index (κ1) is 27.2. The third kappa shape index (κ3) is 6.26. The van der Waals surface area contributed by atoms with Gasteiger partial charge in [0, 0.05) is 24.6 Å². The quantitative estimate of drug-likeness (QED) is 0.230. The van der Waals surface area contributed by atoms with Crippen molar-refractivity contribution >= 4 is 40.7 Å². The van der Waals surface area contributed by atoms with Crippen LogP contribution in [-0.2, 0) is 4.79 Å². The Hall–Kier alpha value is -3.41. The molecule has 0 spiro atoms. The van der Waals surface area contributed by atoms with Crippen LogP contribution in [0.1, 0.15) is 30.7 Å². The molecule has 1 amide bonds. The molecule has 0 aliphatic carbocycles. The number of carbonyl (C=O) groups is 1.